The number of halogens is 1. The van der Waals surface area contributed by atoms with Crippen LogP contribution in [-0.2, 0) is 5.88 Å². The highest BCUT2D eigenvalue weighted by atomic mass is 35.5. The Labute approximate surface area is 123 Å². The lowest BCUT2D eigenvalue weighted by Gasteiger charge is -2.23. The van der Waals surface area contributed by atoms with Crippen molar-refractivity contribution in [3.05, 3.63) is 23.7 Å². The highest BCUT2D eigenvalue weighted by molar-refractivity contribution is 6.16. The molecular weight excluding hydrogens is 272 g/mol. The minimum absolute atomic E-state index is 0.457. The Hall–Kier alpha value is -1.13. The maximum atomic E-state index is 6.14. The molecule has 0 saturated carbocycles. The molecule has 4 rings (SSSR count). The third-order valence-electron chi connectivity index (χ3n) is 4.77. The maximum Gasteiger partial charge on any atom is 0.160 e. The van der Waals surface area contributed by atoms with Crippen molar-refractivity contribution in [2.75, 3.05) is 13.1 Å². The van der Waals surface area contributed by atoms with Crippen LogP contribution in [0.15, 0.2) is 12.1 Å². The number of pyridine rings is 1. The second-order valence-electron chi connectivity index (χ2n) is 5.93. The molecule has 4 heterocycles. The average molecular weight is 291 g/mol. The van der Waals surface area contributed by atoms with Crippen molar-refractivity contribution in [3.63, 3.8) is 0 Å². The van der Waals surface area contributed by atoms with Crippen molar-refractivity contribution < 1.29 is 0 Å². The monoisotopic (exact) mass is 290 g/mol. The van der Waals surface area contributed by atoms with Crippen molar-refractivity contribution >= 4 is 22.8 Å². The van der Waals surface area contributed by atoms with Crippen LogP contribution in [0.25, 0.3) is 11.2 Å². The van der Waals surface area contributed by atoms with Crippen LogP contribution in [0.4, 0.5) is 0 Å². The van der Waals surface area contributed by atoms with Gasteiger partial charge in [-0.2, -0.15) is 0 Å². The average Bonchev–Trinajstić information content (AvgIpc) is 3.11. The van der Waals surface area contributed by atoms with Gasteiger partial charge in [0.05, 0.1) is 11.9 Å². The highest BCUT2D eigenvalue weighted by Crippen LogP contribution is 2.38. The lowest BCUT2D eigenvalue weighted by Crippen LogP contribution is -2.28. The highest BCUT2D eigenvalue weighted by Gasteiger charge is 2.39. The van der Waals surface area contributed by atoms with Crippen molar-refractivity contribution in [3.8, 4) is 0 Å². The van der Waals surface area contributed by atoms with E-state index in [0.717, 1.165) is 22.7 Å². The Morgan fingerprint density at radius 1 is 1.20 bits per heavy atom. The van der Waals surface area contributed by atoms with Gasteiger partial charge in [-0.25, -0.2) is 9.97 Å². The summed E-state index contributed by atoms with van der Waals surface area (Å²) in [6.45, 7) is 4.48. The minimum Gasteiger partial charge on any atom is -0.307 e. The maximum absolute atomic E-state index is 6.14. The predicted octanol–water partition coefficient (Wildman–Crippen LogP) is 2.89. The molecule has 0 radical (unpaired) electrons. The van der Waals surface area contributed by atoms with Gasteiger partial charge in [-0.3, -0.25) is 4.90 Å². The Morgan fingerprint density at radius 2 is 2.10 bits per heavy atom. The summed E-state index contributed by atoms with van der Waals surface area (Å²) in [6.07, 6.45) is 3.80. The molecule has 0 aliphatic carbocycles. The fraction of sp³-hybridized carbons (Fsp3) is 0.600. The van der Waals surface area contributed by atoms with E-state index in [0.29, 0.717) is 18.0 Å². The van der Waals surface area contributed by atoms with E-state index in [1.54, 1.807) is 0 Å². The number of fused-ring (bicyclic) bond motifs is 2. The van der Waals surface area contributed by atoms with Gasteiger partial charge in [0.1, 0.15) is 11.3 Å². The molecule has 0 aromatic carbocycles. The molecule has 2 atom stereocenters. The van der Waals surface area contributed by atoms with Gasteiger partial charge in [0, 0.05) is 18.3 Å². The first-order valence-corrected chi connectivity index (χ1v) is 7.96. The van der Waals surface area contributed by atoms with Crippen molar-refractivity contribution in [2.45, 2.75) is 44.1 Å². The fourth-order valence-corrected chi connectivity index (χ4v) is 4.10. The van der Waals surface area contributed by atoms with Crippen molar-refractivity contribution in [2.24, 2.45) is 0 Å². The van der Waals surface area contributed by atoms with Gasteiger partial charge in [0.25, 0.3) is 0 Å². The number of nitrogens with zero attached hydrogens (tertiary/aromatic N) is 4. The van der Waals surface area contributed by atoms with Crippen LogP contribution in [0.5, 0.6) is 0 Å². The first-order valence-electron chi connectivity index (χ1n) is 7.42. The zero-order valence-corrected chi connectivity index (χ0v) is 12.5. The number of imidazole rings is 1. The van der Waals surface area contributed by atoms with Gasteiger partial charge >= 0.3 is 0 Å². The zero-order valence-electron chi connectivity index (χ0n) is 11.7. The van der Waals surface area contributed by atoms with E-state index >= 15 is 0 Å². The Morgan fingerprint density at radius 3 is 2.95 bits per heavy atom. The number of rotatable bonds is 2. The third kappa shape index (κ3) is 1.78. The zero-order chi connectivity index (χ0) is 13.7. The molecule has 2 unspecified atom stereocenters. The van der Waals surface area contributed by atoms with Gasteiger partial charge < -0.3 is 4.57 Å². The SMILES string of the molecule is Cc1ccc2nc(CCl)n(C3CCN4CCCC34)c2n1. The third-order valence-corrected chi connectivity index (χ3v) is 5.01. The van der Waals surface area contributed by atoms with E-state index in [9.17, 15) is 0 Å². The smallest absolute Gasteiger partial charge is 0.160 e. The lowest BCUT2D eigenvalue weighted by atomic mass is 10.1. The van der Waals surface area contributed by atoms with E-state index in [2.05, 4.69) is 20.5 Å². The summed E-state index contributed by atoms with van der Waals surface area (Å²) < 4.78 is 2.32. The quantitative estimate of drug-likeness (QED) is 0.798. The van der Waals surface area contributed by atoms with Crippen LogP contribution in [0, 0.1) is 6.92 Å². The van der Waals surface area contributed by atoms with Crippen molar-refractivity contribution in [1.82, 2.24) is 19.4 Å². The molecule has 0 amide bonds. The van der Waals surface area contributed by atoms with Gasteiger partial charge in [-0.05, 0) is 44.9 Å². The normalized spacial score (nSPS) is 26.5. The van der Waals surface area contributed by atoms with Crippen LogP contribution >= 0.6 is 11.6 Å². The molecule has 106 valence electrons. The number of hydrogen-bond acceptors (Lipinski definition) is 3. The molecule has 0 N–H and O–H groups in total. The molecule has 2 fully saturated rings. The van der Waals surface area contributed by atoms with E-state index in [4.69, 9.17) is 16.6 Å². The summed E-state index contributed by atoms with van der Waals surface area (Å²) in [5.41, 5.74) is 3.03. The largest absolute Gasteiger partial charge is 0.307 e. The van der Waals surface area contributed by atoms with E-state index in [1.807, 2.05) is 13.0 Å². The van der Waals surface area contributed by atoms with Gasteiger partial charge in [0.2, 0.25) is 0 Å². The Bertz CT molecular complexity index is 651. The van der Waals surface area contributed by atoms with Crippen molar-refractivity contribution in [1.29, 1.82) is 0 Å². The number of hydrogen-bond donors (Lipinski definition) is 0. The second-order valence-corrected chi connectivity index (χ2v) is 6.20. The van der Waals surface area contributed by atoms with E-state index in [1.165, 1.54) is 32.4 Å². The minimum atomic E-state index is 0.457. The number of aromatic nitrogens is 3. The summed E-state index contributed by atoms with van der Waals surface area (Å²) in [7, 11) is 0. The van der Waals surface area contributed by atoms with Crippen LogP contribution in [0.1, 0.15) is 36.8 Å². The first-order chi connectivity index (χ1) is 9.78. The summed E-state index contributed by atoms with van der Waals surface area (Å²) in [5, 5.41) is 0. The first kappa shape index (κ1) is 12.6. The summed E-state index contributed by atoms with van der Waals surface area (Å²) in [6, 6.07) is 5.22. The molecule has 2 aliphatic rings. The fourth-order valence-electron chi connectivity index (χ4n) is 3.92. The molecule has 2 aromatic heterocycles. The van der Waals surface area contributed by atoms with Crippen LogP contribution < -0.4 is 0 Å². The molecule has 2 saturated heterocycles. The standard InChI is InChI=1S/C15H19ClN4/c1-10-4-5-11-15(17-10)20(14(9-16)18-11)13-6-8-19-7-2-3-12(13)19/h4-5,12-13H,2-3,6-9H2,1H3. The number of alkyl halides is 1. The predicted molar refractivity (Wildman–Crippen MR) is 80.1 cm³/mol. The van der Waals surface area contributed by atoms with Gasteiger partial charge in [-0.15, -0.1) is 11.6 Å². The summed E-state index contributed by atoms with van der Waals surface area (Å²) in [4.78, 5) is 12.0. The molecule has 2 aliphatic heterocycles. The molecule has 0 spiro atoms. The molecule has 4 nitrogen and oxygen atoms in total. The Kier molecular flexibility index (Phi) is 2.97. The van der Waals surface area contributed by atoms with Crippen LogP contribution in [0.2, 0.25) is 0 Å². The van der Waals surface area contributed by atoms with Crippen LogP contribution in [0.3, 0.4) is 0 Å². The van der Waals surface area contributed by atoms with E-state index < -0.39 is 0 Å². The summed E-state index contributed by atoms with van der Waals surface area (Å²) in [5.74, 6) is 1.43. The Balaban J connectivity index is 1.87. The van der Waals surface area contributed by atoms with E-state index in [-0.39, 0.29) is 0 Å². The van der Waals surface area contributed by atoms with Gasteiger partial charge in [-0.1, -0.05) is 0 Å². The second kappa shape index (κ2) is 4.71. The lowest BCUT2D eigenvalue weighted by molar-refractivity contribution is 0.290. The molecule has 0 bridgehead atoms. The molecule has 5 heteroatoms. The van der Waals surface area contributed by atoms with Gasteiger partial charge in [0.15, 0.2) is 5.65 Å². The topological polar surface area (TPSA) is 34.0 Å². The molecular formula is C15H19ClN4. The molecule has 2 aromatic rings. The van der Waals surface area contributed by atoms with Crippen LogP contribution in [-0.4, -0.2) is 38.6 Å². The number of aryl methyl sites for hydroxylation is 1. The molecule has 20 heavy (non-hydrogen) atoms. The summed E-state index contributed by atoms with van der Waals surface area (Å²) >= 11 is 6.14.